The van der Waals surface area contributed by atoms with Gasteiger partial charge in [0.1, 0.15) is 0 Å². The van der Waals surface area contributed by atoms with E-state index in [9.17, 15) is 14.4 Å². The minimum absolute atomic E-state index is 0.0401. The van der Waals surface area contributed by atoms with Gasteiger partial charge in [-0.1, -0.05) is 6.07 Å². The number of hydrogen-bond donors (Lipinski definition) is 0. The molecule has 1 aromatic rings. The van der Waals surface area contributed by atoms with Crippen molar-refractivity contribution >= 4 is 17.8 Å². The van der Waals surface area contributed by atoms with Gasteiger partial charge in [0.25, 0.3) is 5.91 Å². The molecule has 0 aliphatic carbocycles. The Morgan fingerprint density at radius 3 is 2.88 bits per heavy atom. The Bertz CT molecular complexity index is 733. The van der Waals surface area contributed by atoms with Gasteiger partial charge in [-0.25, -0.2) is 4.79 Å². The number of benzene rings is 1. The summed E-state index contributed by atoms with van der Waals surface area (Å²) in [5.41, 5.74) is 0.101. The van der Waals surface area contributed by atoms with E-state index in [-0.39, 0.29) is 17.9 Å². The molecule has 3 aliphatic rings. The van der Waals surface area contributed by atoms with E-state index in [1.807, 2.05) is 0 Å². The molecule has 3 heterocycles. The molecule has 0 N–H and O–H groups in total. The van der Waals surface area contributed by atoms with Crippen LogP contribution in [0, 0.1) is 0 Å². The summed E-state index contributed by atoms with van der Waals surface area (Å²) in [6.45, 7) is 1.65. The molecule has 2 amide bonds. The molecular formula is C17H18N2O5. The highest BCUT2D eigenvalue weighted by molar-refractivity contribution is 5.99. The number of methoxy groups -OCH3 is 1. The topological polar surface area (TPSA) is 76.2 Å². The lowest BCUT2D eigenvalue weighted by molar-refractivity contribution is -0.136. The van der Waals surface area contributed by atoms with Crippen LogP contribution in [0.3, 0.4) is 0 Å². The maximum Gasteiger partial charge on any atom is 0.337 e. The average Bonchev–Trinajstić information content (AvgIpc) is 3.25. The Morgan fingerprint density at radius 1 is 1.29 bits per heavy atom. The summed E-state index contributed by atoms with van der Waals surface area (Å²) in [6, 6.07) is 6.20. The molecular weight excluding hydrogens is 312 g/mol. The van der Waals surface area contributed by atoms with Crippen molar-refractivity contribution in [3.8, 4) is 0 Å². The maximum atomic E-state index is 12.9. The van der Waals surface area contributed by atoms with Crippen LogP contribution in [0.1, 0.15) is 33.6 Å². The van der Waals surface area contributed by atoms with Crippen LogP contribution >= 0.6 is 0 Å². The van der Waals surface area contributed by atoms with Gasteiger partial charge >= 0.3 is 5.97 Å². The number of rotatable bonds is 2. The van der Waals surface area contributed by atoms with Gasteiger partial charge in [-0.2, -0.15) is 0 Å². The van der Waals surface area contributed by atoms with Gasteiger partial charge in [-0.15, -0.1) is 0 Å². The molecule has 7 nitrogen and oxygen atoms in total. The van der Waals surface area contributed by atoms with Crippen LogP contribution in [0.25, 0.3) is 0 Å². The molecule has 3 saturated heterocycles. The summed E-state index contributed by atoms with van der Waals surface area (Å²) in [7, 11) is 1.30. The molecule has 0 unspecified atom stereocenters. The SMILES string of the molecule is COC(=O)c1cccc(C(=O)N2CC[C@@]34OCCN3C(=O)C[C@@H]24)c1. The quantitative estimate of drug-likeness (QED) is 0.744. The average molecular weight is 330 g/mol. The molecule has 24 heavy (non-hydrogen) atoms. The molecule has 1 spiro atoms. The molecule has 7 heteroatoms. The fourth-order valence-corrected chi connectivity index (χ4v) is 4.10. The molecule has 0 bridgehead atoms. The molecule has 4 rings (SSSR count). The minimum atomic E-state index is -0.646. The molecule has 1 aromatic carbocycles. The Labute approximate surface area is 139 Å². The van der Waals surface area contributed by atoms with E-state index in [1.54, 1.807) is 28.0 Å². The monoisotopic (exact) mass is 330 g/mol. The second-order valence-electron chi connectivity index (χ2n) is 6.28. The third kappa shape index (κ3) is 1.97. The summed E-state index contributed by atoms with van der Waals surface area (Å²) < 4.78 is 10.6. The van der Waals surface area contributed by atoms with E-state index >= 15 is 0 Å². The third-order valence-corrected chi connectivity index (χ3v) is 5.19. The summed E-state index contributed by atoms with van der Waals surface area (Å²) in [6.07, 6.45) is 0.925. The fraction of sp³-hybridized carbons (Fsp3) is 0.471. The zero-order chi connectivity index (χ0) is 16.9. The molecule has 0 aromatic heterocycles. The van der Waals surface area contributed by atoms with Crippen molar-refractivity contribution in [3.63, 3.8) is 0 Å². The zero-order valence-electron chi connectivity index (χ0n) is 13.4. The van der Waals surface area contributed by atoms with Gasteiger partial charge in [0, 0.05) is 25.1 Å². The van der Waals surface area contributed by atoms with Crippen LogP contribution in [0.15, 0.2) is 24.3 Å². The number of carbonyl (C=O) groups is 3. The molecule has 2 atom stereocenters. The van der Waals surface area contributed by atoms with Crippen LogP contribution in [0.5, 0.6) is 0 Å². The van der Waals surface area contributed by atoms with E-state index < -0.39 is 11.7 Å². The lowest BCUT2D eigenvalue weighted by atomic mass is 10.1. The van der Waals surface area contributed by atoms with Crippen molar-refractivity contribution in [1.82, 2.24) is 9.80 Å². The second-order valence-corrected chi connectivity index (χ2v) is 6.28. The highest BCUT2D eigenvalue weighted by atomic mass is 16.5. The first-order valence-corrected chi connectivity index (χ1v) is 8.00. The van der Waals surface area contributed by atoms with Gasteiger partial charge in [0.15, 0.2) is 5.72 Å². The summed E-state index contributed by atoms with van der Waals surface area (Å²) in [4.78, 5) is 40.3. The summed E-state index contributed by atoms with van der Waals surface area (Å²) in [5.74, 6) is -0.630. The number of likely N-dealkylation sites (tertiary alicyclic amines) is 1. The standard InChI is InChI=1S/C17H18N2O5/c1-23-16(22)12-4-2-3-11(9-12)15(21)18-6-5-17-13(18)10-14(20)19(17)7-8-24-17/h2-4,9,13H,5-8,10H2,1H3/t13-,17+/m1/s1. The van der Waals surface area contributed by atoms with Crippen molar-refractivity contribution in [2.75, 3.05) is 26.8 Å². The first-order valence-electron chi connectivity index (χ1n) is 8.00. The van der Waals surface area contributed by atoms with E-state index in [4.69, 9.17) is 9.47 Å². The van der Waals surface area contributed by atoms with Crippen LogP contribution in [-0.4, -0.2) is 66.2 Å². The zero-order valence-corrected chi connectivity index (χ0v) is 13.4. The van der Waals surface area contributed by atoms with Gasteiger partial charge in [0.05, 0.1) is 31.7 Å². The highest BCUT2D eigenvalue weighted by Crippen LogP contribution is 2.45. The van der Waals surface area contributed by atoms with Crippen molar-refractivity contribution in [2.45, 2.75) is 24.6 Å². The Balaban J connectivity index is 1.62. The van der Waals surface area contributed by atoms with Crippen LogP contribution < -0.4 is 0 Å². The Kier molecular flexibility index (Phi) is 3.35. The van der Waals surface area contributed by atoms with Crippen molar-refractivity contribution in [2.24, 2.45) is 0 Å². The molecule has 3 aliphatic heterocycles. The van der Waals surface area contributed by atoms with Gasteiger partial charge in [-0.05, 0) is 18.2 Å². The van der Waals surface area contributed by atoms with Gasteiger partial charge in [0.2, 0.25) is 5.91 Å². The molecule has 0 radical (unpaired) electrons. The number of esters is 1. The number of amides is 2. The molecule has 126 valence electrons. The Hall–Kier alpha value is -2.41. The smallest absolute Gasteiger partial charge is 0.337 e. The Morgan fingerprint density at radius 2 is 2.08 bits per heavy atom. The van der Waals surface area contributed by atoms with E-state index in [1.165, 1.54) is 13.2 Å². The number of hydrogen-bond acceptors (Lipinski definition) is 5. The van der Waals surface area contributed by atoms with E-state index in [0.717, 1.165) is 0 Å². The summed E-state index contributed by atoms with van der Waals surface area (Å²) in [5, 5.41) is 0. The molecule has 0 saturated carbocycles. The first kappa shape index (κ1) is 15.1. The van der Waals surface area contributed by atoms with Crippen molar-refractivity contribution in [3.05, 3.63) is 35.4 Å². The highest BCUT2D eigenvalue weighted by Gasteiger charge is 2.62. The van der Waals surface area contributed by atoms with Crippen LogP contribution in [0.4, 0.5) is 0 Å². The van der Waals surface area contributed by atoms with Gasteiger partial charge in [-0.3, -0.25) is 9.59 Å². The van der Waals surface area contributed by atoms with Crippen LogP contribution in [0.2, 0.25) is 0 Å². The molecule has 3 fully saturated rings. The predicted octanol–water partition coefficient (Wildman–Crippen LogP) is 0.646. The van der Waals surface area contributed by atoms with Crippen molar-refractivity contribution in [1.29, 1.82) is 0 Å². The second kappa shape index (κ2) is 5.31. The number of carbonyl (C=O) groups excluding carboxylic acids is 3. The number of nitrogens with zero attached hydrogens (tertiary/aromatic N) is 2. The number of ether oxygens (including phenoxy) is 2. The minimum Gasteiger partial charge on any atom is -0.465 e. The van der Waals surface area contributed by atoms with Crippen molar-refractivity contribution < 1.29 is 23.9 Å². The third-order valence-electron chi connectivity index (χ3n) is 5.19. The van der Waals surface area contributed by atoms with Crippen LogP contribution in [-0.2, 0) is 14.3 Å². The first-order chi connectivity index (χ1) is 11.6. The van der Waals surface area contributed by atoms with E-state index in [0.29, 0.717) is 43.7 Å². The normalized spacial score (nSPS) is 28.0. The maximum absolute atomic E-state index is 12.9. The largest absolute Gasteiger partial charge is 0.465 e. The lowest BCUT2D eigenvalue weighted by Crippen LogP contribution is -2.48. The summed E-state index contributed by atoms with van der Waals surface area (Å²) >= 11 is 0. The van der Waals surface area contributed by atoms with E-state index in [2.05, 4.69) is 0 Å². The lowest BCUT2D eigenvalue weighted by Gasteiger charge is -2.31. The predicted molar refractivity (Wildman–Crippen MR) is 82.2 cm³/mol. The van der Waals surface area contributed by atoms with Gasteiger partial charge < -0.3 is 19.3 Å². The fourth-order valence-electron chi connectivity index (χ4n) is 4.10.